The minimum atomic E-state index is -0.0271. The lowest BCUT2D eigenvalue weighted by Gasteiger charge is -2.19. The van der Waals surface area contributed by atoms with E-state index < -0.39 is 0 Å². The van der Waals surface area contributed by atoms with Crippen molar-refractivity contribution in [1.82, 2.24) is 9.80 Å². The average molecular weight is 280 g/mol. The summed E-state index contributed by atoms with van der Waals surface area (Å²) in [6, 6.07) is 7.27. The van der Waals surface area contributed by atoms with Crippen LogP contribution in [0.5, 0.6) is 11.5 Å². The first kappa shape index (κ1) is 16.3. The third-order valence-electron chi connectivity index (χ3n) is 2.81. The standard InChI is InChI=1S/C15H24N2O3/c1-5-19-13-6-8-14(9-7-13)20-12-15(18)17(4)11-10-16(2)3/h6-9H,5,10-12H2,1-4H3. The van der Waals surface area contributed by atoms with Gasteiger partial charge in [0.15, 0.2) is 6.61 Å². The molecule has 1 aromatic rings. The third kappa shape index (κ3) is 5.93. The zero-order valence-electron chi connectivity index (χ0n) is 12.8. The van der Waals surface area contributed by atoms with Crippen LogP contribution in [-0.4, -0.2) is 63.2 Å². The lowest BCUT2D eigenvalue weighted by Crippen LogP contribution is -2.36. The van der Waals surface area contributed by atoms with Gasteiger partial charge in [0.05, 0.1) is 6.61 Å². The van der Waals surface area contributed by atoms with E-state index in [1.54, 1.807) is 24.1 Å². The fourth-order valence-electron chi connectivity index (χ4n) is 1.53. The molecule has 5 nitrogen and oxygen atoms in total. The maximum atomic E-state index is 11.9. The van der Waals surface area contributed by atoms with Crippen LogP contribution in [0.2, 0.25) is 0 Å². The highest BCUT2D eigenvalue weighted by molar-refractivity contribution is 5.77. The highest BCUT2D eigenvalue weighted by Crippen LogP contribution is 2.17. The Hall–Kier alpha value is -1.75. The summed E-state index contributed by atoms with van der Waals surface area (Å²) < 4.78 is 10.8. The van der Waals surface area contributed by atoms with Crippen LogP contribution < -0.4 is 9.47 Å². The zero-order chi connectivity index (χ0) is 15.0. The molecule has 0 atom stereocenters. The van der Waals surface area contributed by atoms with Crippen LogP contribution in [0.1, 0.15) is 6.92 Å². The van der Waals surface area contributed by atoms with Crippen LogP contribution in [0.15, 0.2) is 24.3 Å². The van der Waals surface area contributed by atoms with E-state index >= 15 is 0 Å². The molecule has 112 valence electrons. The van der Waals surface area contributed by atoms with Gasteiger partial charge in [-0.15, -0.1) is 0 Å². The topological polar surface area (TPSA) is 42.0 Å². The highest BCUT2D eigenvalue weighted by Gasteiger charge is 2.09. The molecule has 0 unspecified atom stereocenters. The largest absolute Gasteiger partial charge is 0.494 e. The first-order valence-corrected chi connectivity index (χ1v) is 6.77. The van der Waals surface area contributed by atoms with E-state index in [0.29, 0.717) is 18.9 Å². The number of carbonyl (C=O) groups excluding carboxylic acids is 1. The van der Waals surface area contributed by atoms with Gasteiger partial charge in [-0.25, -0.2) is 0 Å². The van der Waals surface area contributed by atoms with Crippen LogP contribution in [0.3, 0.4) is 0 Å². The molecule has 0 radical (unpaired) electrons. The molecular weight excluding hydrogens is 256 g/mol. The Kier molecular flexibility index (Phi) is 6.87. The van der Waals surface area contributed by atoms with E-state index in [1.165, 1.54) is 0 Å². The predicted molar refractivity (Wildman–Crippen MR) is 79.3 cm³/mol. The average Bonchev–Trinajstić information content (AvgIpc) is 2.44. The minimum absolute atomic E-state index is 0.0271. The molecule has 0 aromatic heterocycles. The maximum Gasteiger partial charge on any atom is 0.260 e. The molecule has 0 aliphatic carbocycles. The maximum absolute atomic E-state index is 11.9. The lowest BCUT2D eigenvalue weighted by atomic mass is 10.3. The van der Waals surface area contributed by atoms with Crippen LogP contribution in [-0.2, 0) is 4.79 Å². The van der Waals surface area contributed by atoms with Gasteiger partial charge in [0.1, 0.15) is 11.5 Å². The number of hydrogen-bond donors (Lipinski definition) is 0. The second-order valence-corrected chi connectivity index (χ2v) is 4.81. The molecule has 1 rings (SSSR count). The lowest BCUT2D eigenvalue weighted by molar-refractivity contribution is -0.132. The van der Waals surface area contributed by atoms with E-state index in [0.717, 1.165) is 12.3 Å². The van der Waals surface area contributed by atoms with Crippen molar-refractivity contribution < 1.29 is 14.3 Å². The predicted octanol–water partition coefficient (Wildman–Crippen LogP) is 1.48. The summed E-state index contributed by atoms with van der Waals surface area (Å²) in [5, 5.41) is 0. The number of likely N-dealkylation sites (N-methyl/N-ethyl adjacent to an activating group) is 2. The Bertz CT molecular complexity index is 404. The Morgan fingerprint density at radius 1 is 1.00 bits per heavy atom. The molecule has 0 saturated carbocycles. The van der Waals surface area contributed by atoms with Gasteiger partial charge >= 0.3 is 0 Å². The van der Waals surface area contributed by atoms with Crippen LogP contribution in [0.25, 0.3) is 0 Å². The van der Waals surface area contributed by atoms with Crippen molar-refractivity contribution in [1.29, 1.82) is 0 Å². The fourth-order valence-corrected chi connectivity index (χ4v) is 1.53. The van der Waals surface area contributed by atoms with Gasteiger partial charge in [0.2, 0.25) is 0 Å². The van der Waals surface area contributed by atoms with Gasteiger partial charge in [0, 0.05) is 20.1 Å². The molecule has 0 saturated heterocycles. The summed E-state index contributed by atoms with van der Waals surface area (Å²) in [6.07, 6.45) is 0. The Morgan fingerprint density at radius 2 is 1.55 bits per heavy atom. The first-order valence-electron chi connectivity index (χ1n) is 6.77. The van der Waals surface area contributed by atoms with Crippen molar-refractivity contribution in [2.24, 2.45) is 0 Å². The second-order valence-electron chi connectivity index (χ2n) is 4.81. The number of rotatable bonds is 8. The van der Waals surface area contributed by atoms with Crippen molar-refractivity contribution in [3.63, 3.8) is 0 Å². The Balaban J connectivity index is 2.36. The van der Waals surface area contributed by atoms with E-state index in [-0.39, 0.29) is 12.5 Å². The summed E-state index contributed by atoms with van der Waals surface area (Å²) in [5.41, 5.74) is 0. The third-order valence-corrected chi connectivity index (χ3v) is 2.81. The van der Waals surface area contributed by atoms with Crippen molar-refractivity contribution in [2.75, 3.05) is 47.4 Å². The second kappa shape index (κ2) is 8.43. The van der Waals surface area contributed by atoms with E-state index in [2.05, 4.69) is 0 Å². The highest BCUT2D eigenvalue weighted by atomic mass is 16.5. The van der Waals surface area contributed by atoms with Crippen molar-refractivity contribution in [3.05, 3.63) is 24.3 Å². The molecule has 0 aliphatic rings. The molecule has 1 aromatic carbocycles. The SMILES string of the molecule is CCOc1ccc(OCC(=O)N(C)CCN(C)C)cc1. The normalized spacial score (nSPS) is 10.4. The zero-order valence-corrected chi connectivity index (χ0v) is 12.8. The van der Waals surface area contributed by atoms with Gasteiger partial charge < -0.3 is 19.3 Å². The van der Waals surface area contributed by atoms with Gasteiger partial charge in [-0.3, -0.25) is 4.79 Å². The molecule has 20 heavy (non-hydrogen) atoms. The van der Waals surface area contributed by atoms with Crippen molar-refractivity contribution in [3.8, 4) is 11.5 Å². The summed E-state index contributed by atoms with van der Waals surface area (Å²) in [7, 11) is 5.75. The van der Waals surface area contributed by atoms with Crippen LogP contribution >= 0.6 is 0 Å². The molecule has 0 fully saturated rings. The van der Waals surface area contributed by atoms with Crippen LogP contribution in [0, 0.1) is 0 Å². The molecule has 0 bridgehead atoms. The molecule has 0 spiro atoms. The van der Waals surface area contributed by atoms with E-state index in [9.17, 15) is 4.79 Å². The quantitative estimate of drug-likeness (QED) is 0.723. The number of ether oxygens (including phenoxy) is 2. The molecule has 0 aliphatic heterocycles. The summed E-state index contributed by atoms with van der Waals surface area (Å²) >= 11 is 0. The number of amides is 1. The monoisotopic (exact) mass is 280 g/mol. The minimum Gasteiger partial charge on any atom is -0.494 e. The molecule has 5 heteroatoms. The van der Waals surface area contributed by atoms with Gasteiger partial charge in [-0.2, -0.15) is 0 Å². The van der Waals surface area contributed by atoms with Gasteiger partial charge in [0.25, 0.3) is 5.91 Å². The number of nitrogens with zero attached hydrogens (tertiary/aromatic N) is 2. The molecule has 0 heterocycles. The summed E-state index contributed by atoms with van der Waals surface area (Å²) in [5.74, 6) is 1.44. The first-order chi connectivity index (χ1) is 9.52. The van der Waals surface area contributed by atoms with Crippen molar-refractivity contribution >= 4 is 5.91 Å². The molecule has 1 amide bonds. The molecular formula is C15H24N2O3. The van der Waals surface area contributed by atoms with E-state index in [1.807, 2.05) is 38.1 Å². The van der Waals surface area contributed by atoms with Gasteiger partial charge in [-0.05, 0) is 45.3 Å². The van der Waals surface area contributed by atoms with Crippen molar-refractivity contribution in [2.45, 2.75) is 6.92 Å². The summed E-state index contributed by atoms with van der Waals surface area (Å²) in [4.78, 5) is 15.6. The summed E-state index contributed by atoms with van der Waals surface area (Å²) in [6.45, 7) is 4.16. The molecule has 0 N–H and O–H groups in total. The number of carbonyl (C=O) groups is 1. The van der Waals surface area contributed by atoms with Crippen LogP contribution in [0.4, 0.5) is 0 Å². The smallest absolute Gasteiger partial charge is 0.260 e. The fraction of sp³-hybridized carbons (Fsp3) is 0.533. The van der Waals surface area contributed by atoms with Gasteiger partial charge in [-0.1, -0.05) is 0 Å². The Morgan fingerprint density at radius 3 is 2.05 bits per heavy atom. The number of hydrogen-bond acceptors (Lipinski definition) is 4. The van der Waals surface area contributed by atoms with E-state index in [4.69, 9.17) is 9.47 Å². The Labute approximate surface area is 121 Å². The number of benzene rings is 1.